The third kappa shape index (κ3) is 3.37. The van der Waals surface area contributed by atoms with E-state index in [0.29, 0.717) is 5.02 Å². The highest BCUT2D eigenvalue weighted by molar-refractivity contribution is 6.30. The number of unbranched alkanes of at least 4 members (excludes halogenated alkanes) is 1. The van der Waals surface area contributed by atoms with Crippen molar-refractivity contribution in [2.75, 3.05) is 0 Å². The molecule has 0 aromatic heterocycles. The third-order valence-electron chi connectivity index (χ3n) is 1.95. The van der Waals surface area contributed by atoms with Gasteiger partial charge in [0.15, 0.2) is 0 Å². The first-order valence-corrected chi connectivity index (χ1v) is 4.91. The normalized spacial score (nSPS) is 10.4. The van der Waals surface area contributed by atoms with E-state index in [1.807, 2.05) is 12.1 Å². The molecule has 0 atom stereocenters. The summed E-state index contributed by atoms with van der Waals surface area (Å²) in [7, 11) is 0. The average Bonchev–Trinajstić information content (AvgIpc) is 2.14. The van der Waals surface area contributed by atoms with Gasteiger partial charge in [-0.15, -0.1) is 0 Å². The summed E-state index contributed by atoms with van der Waals surface area (Å²) in [6, 6.07) is 5.66. The smallest absolute Gasteiger partial charge is 0.109 e. The first-order valence-electron chi connectivity index (χ1n) is 4.53. The van der Waals surface area contributed by atoms with Crippen molar-refractivity contribution < 1.29 is 5.11 Å². The van der Waals surface area contributed by atoms with Gasteiger partial charge in [-0.2, -0.15) is 0 Å². The van der Waals surface area contributed by atoms with E-state index in [1.54, 1.807) is 6.07 Å². The molecule has 1 nitrogen and oxygen atoms in total. The Hall–Kier alpha value is -0.530. The highest BCUT2D eigenvalue weighted by Gasteiger charge is 1.98. The van der Waals surface area contributed by atoms with Crippen LogP contribution >= 0.6 is 11.6 Å². The first kappa shape index (κ1) is 10.6. The number of halogens is 1. The van der Waals surface area contributed by atoms with Crippen molar-refractivity contribution in [2.45, 2.75) is 26.2 Å². The quantitative estimate of drug-likeness (QED) is 0.783. The third-order valence-corrected chi connectivity index (χ3v) is 2.17. The van der Waals surface area contributed by atoms with Gasteiger partial charge in [0.05, 0.1) is 0 Å². The van der Waals surface area contributed by atoms with Crippen LogP contribution in [0.4, 0.5) is 0 Å². The van der Waals surface area contributed by atoms with Crippen LogP contribution in [0, 0.1) is 6.61 Å². The Kier molecular flexibility index (Phi) is 4.26. The van der Waals surface area contributed by atoms with Gasteiger partial charge in [-0.05, 0) is 36.1 Å². The Morgan fingerprint density at radius 3 is 2.77 bits per heavy atom. The number of benzene rings is 1. The fourth-order valence-electron chi connectivity index (χ4n) is 1.28. The molecule has 0 bridgehead atoms. The summed E-state index contributed by atoms with van der Waals surface area (Å²) in [6.45, 7) is 3.24. The number of rotatable bonds is 4. The van der Waals surface area contributed by atoms with Gasteiger partial charge < -0.3 is 5.11 Å². The van der Waals surface area contributed by atoms with Crippen LogP contribution in [0.3, 0.4) is 0 Å². The molecule has 0 amide bonds. The van der Waals surface area contributed by atoms with Crippen LogP contribution in [0.15, 0.2) is 18.2 Å². The van der Waals surface area contributed by atoms with E-state index in [9.17, 15) is 0 Å². The molecule has 0 aliphatic carbocycles. The Morgan fingerprint density at radius 2 is 2.15 bits per heavy atom. The van der Waals surface area contributed by atoms with Crippen LogP contribution in [-0.2, 0) is 6.42 Å². The Labute approximate surface area is 84.4 Å². The molecule has 1 N–H and O–H groups in total. The summed E-state index contributed by atoms with van der Waals surface area (Å²) in [4.78, 5) is 0. The van der Waals surface area contributed by atoms with Gasteiger partial charge in [0, 0.05) is 5.02 Å². The average molecular weight is 198 g/mol. The second kappa shape index (κ2) is 5.25. The molecule has 0 saturated carbocycles. The van der Waals surface area contributed by atoms with Crippen LogP contribution in [0.2, 0.25) is 5.02 Å². The van der Waals surface area contributed by atoms with Crippen LogP contribution in [0.25, 0.3) is 0 Å². The molecule has 2 heteroatoms. The minimum Gasteiger partial charge on any atom is -0.385 e. The summed E-state index contributed by atoms with van der Waals surface area (Å²) >= 11 is 5.88. The molecule has 0 fully saturated rings. The van der Waals surface area contributed by atoms with Gasteiger partial charge in [-0.1, -0.05) is 31.0 Å². The van der Waals surface area contributed by atoms with E-state index >= 15 is 0 Å². The SMILES string of the molecule is CCCCc1cc(Cl)cc([CH]O)c1. The van der Waals surface area contributed by atoms with Crippen molar-refractivity contribution in [1.82, 2.24) is 0 Å². The predicted octanol–water partition coefficient (Wildman–Crippen LogP) is 3.56. The number of aliphatic hydroxyl groups excluding tert-OH is 1. The maximum atomic E-state index is 8.83. The van der Waals surface area contributed by atoms with Gasteiger partial charge in [0.2, 0.25) is 0 Å². The molecule has 0 aliphatic rings. The van der Waals surface area contributed by atoms with E-state index < -0.39 is 0 Å². The van der Waals surface area contributed by atoms with Crippen LogP contribution in [-0.4, -0.2) is 5.11 Å². The molecule has 0 spiro atoms. The van der Waals surface area contributed by atoms with Crippen LogP contribution < -0.4 is 0 Å². The second-order valence-corrected chi connectivity index (χ2v) is 3.56. The Balaban J connectivity index is 2.76. The summed E-state index contributed by atoms with van der Waals surface area (Å²) in [5, 5.41) is 9.52. The number of aliphatic hydroxyl groups is 1. The van der Waals surface area contributed by atoms with E-state index in [-0.39, 0.29) is 0 Å². The van der Waals surface area contributed by atoms with Crippen molar-refractivity contribution in [3.63, 3.8) is 0 Å². The standard InChI is InChI=1S/C11H14ClO/c1-2-3-4-9-5-10(8-13)7-11(12)6-9/h5-8,13H,2-4H2,1H3. The van der Waals surface area contributed by atoms with Crippen LogP contribution in [0.5, 0.6) is 0 Å². The molecule has 0 saturated heterocycles. The van der Waals surface area contributed by atoms with Crippen molar-refractivity contribution in [2.24, 2.45) is 0 Å². The fraction of sp³-hybridized carbons (Fsp3) is 0.364. The van der Waals surface area contributed by atoms with Crippen molar-refractivity contribution in [1.29, 1.82) is 0 Å². The molecule has 0 unspecified atom stereocenters. The molecule has 1 radical (unpaired) electrons. The molecule has 0 heterocycles. The van der Waals surface area contributed by atoms with Crippen molar-refractivity contribution >= 4 is 11.6 Å². The molecule has 1 aromatic rings. The maximum absolute atomic E-state index is 8.83. The molecule has 0 aliphatic heterocycles. The summed E-state index contributed by atoms with van der Waals surface area (Å²) in [5.41, 5.74) is 1.97. The number of hydrogen-bond donors (Lipinski definition) is 1. The highest BCUT2D eigenvalue weighted by Crippen LogP contribution is 2.17. The van der Waals surface area contributed by atoms with Gasteiger partial charge in [0.25, 0.3) is 0 Å². The lowest BCUT2D eigenvalue weighted by atomic mass is 10.1. The van der Waals surface area contributed by atoms with Gasteiger partial charge in [-0.25, -0.2) is 0 Å². The summed E-state index contributed by atoms with van der Waals surface area (Å²) in [6.07, 6.45) is 3.35. The second-order valence-electron chi connectivity index (χ2n) is 3.13. The number of hydrogen-bond acceptors (Lipinski definition) is 1. The summed E-state index contributed by atoms with van der Waals surface area (Å²) < 4.78 is 0. The topological polar surface area (TPSA) is 20.2 Å². The van der Waals surface area contributed by atoms with Gasteiger partial charge >= 0.3 is 0 Å². The minimum atomic E-state index is 0.689. The molecule has 1 aromatic carbocycles. The molecule has 13 heavy (non-hydrogen) atoms. The molecular formula is C11H14ClO. The molecular weight excluding hydrogens is 184 g/mol. The number of aryl methyl sites for hydroxylation is 1. The Bertz CT molecular complexity index is 271. The zero-order chi connectivity index (χ0) is 9.68. The predicted molar refractivity (Wildman–Crippen MR) is 55.4 cm³/mol. The van der Waals surface area contributed by atoms with E-state index in [4.69, 9.17) is 16.7 Å². The van der Waals surface area contributed by atoms with Crippen LogP contribution in [0.1, 0.15) is 30.9 Å². The Morgan fingerprint density at radius 1 is 1.38 bits per heavy atom. The summed E-state index contributed by atoms with van der Waals surface area (Å²) in [5.74, 6) is 0. The van der Waals surface area contributed by atoms with E-state index in [1.165, 1.54) is 12.0 Å². The lowest BCUT2D eigenvalue weighted by Crippen LogP contribution is -1.88. The van der Waals surface area contributed by atoms with E-state index in [2.05, 4.69) is 6.92 Å². The zero-order valence-corrected chi connectivity index (χ0v) is 8.51. The maximum Gasteiger partial charge on any atom is 0.109 e. The molecule has 1 rings (SSSR count). The highest BCUT2D eigenvalue weighted by atomic mass is 35.5. The lowest BCUT2D eigenvalue weighted by Gasteiger charge is -2.03. The van der Waals surface area contributed by atoms with Gasteiger partial charge in [0.1, 0.15) is 6.61 Å². The monoisotopic (exact) mass is 197 g/mol. The van der Waals surface area contributed by atoms with Crippen molar-refractivity contribution in [3.8, 4) is 0 Å². The first-order chi connectivity index (χ1) is 6.26. The zero-order valence-electron chi connectivity index (χ0n) is 7.76. The van der Waals surface area contributed by atoms with E-state index in [0.717, 1.165) is 25.0 Å². The minimum absolute atomic E-state index is 0.689. The van der Waals surface area contributed by atoms with Crippen molar-refractivity contribution in [3.05, 3.63) is 41.0 Å². The molecule has 71 valence electrons. The van der Waals surface area contributed by atoms with Gasteiger partial charge in [-0.3, -0.25) is 0 Å². The lowest BCUT2D eigenvalue weighted by molar-refractivity contribution is 0.415. The fourth-order valence-corrected chi connectivity index (χ4v) is 1.54. The largest absolute Gasteiger partial charge is 0.385 e.